The summed E-state index contributed by atoms with van der Waals surface area (Å²) < 4.78 is 5.29. The summed E-state index contributed by atoms with van der Waals surface area (Å²) in [6, 6.07) is -0.560. The molecule has 0 radical (unpaired) electrons. The predicted molar refractivity (Wildman–Crippen MR) is 50.1 cm³/mol. The molecule has 1 fully saturated rings. The minimum Gasteiger partial charge on any atom is -0.480 e. The van der Waals surface area contributed by atoms with Crippen molar-refractivity contribution in [1.82, 2.24) is 4.90 Å². The molecule has 3 atom stereocenters. The number of aliphatic hydroxyl groups excluding tert-OH is 1. The van der Waals surface area contributed by atoms with E-state index in [9.17, 15) is 9.90 Å². The highest BCUT2D eigenvalue weighted by Gasteiger charge is 2.36. The lowest BCUT2D eigenvalue weighted by Crippen LogP contribution is -2.38. The highest BCUT2D eigenvalue weighted by Crippen LogP contribution is 2.16. The van der Waals surface area contributed by atoms with Crippen molar-refractivity contribution in [3.8, 4) is 0 Å². The molecule has 0 unspecified atom stereocenters. The molecule has 2 N–H and O–H groups in total. The fourth-order valence-electron chi connectivity index (χ4n) is 1.64. The fourth-order valence-corrected chi connectivity index (χ4v) is 1.64. The van der Waals surface area contributed by atoms with E-state index in [1.165, 1.54) is 0 Å². The van der Waals surface area contributed by atoms with Crippen molar-refractivity contribution in [2.45, 2.75) is 32.1 Å². The summed E-state index contributed by atoms with van der Waals surface area (Å²) in [5.41, 5.74) is 0. The Hall–Kier alpha value is -0.650. The van der Waals surface area contributed by atoms with E-state index >= 15 is 0 Å². The molecule has 5 heteroatoms. The van der Waals surface area contributed by atoms with Crippen LogP contribution in [0.25, 0.3) is 0 Å². The third-order valence-corrected chi connectivity index (χ3v) is 2.55. The summed E-state index contributed by atoms with van der Waals surface area (Å²) >= 11 is 0. The number of hydrogen-bond donors (Lipinski definition) is 2. The molecule has 1 saturated heterocycles. The van der Waals surface area contributed by atoms with E-state index in [0.29, 0.717) is 19.7 Å². The quantitative estimate of drug-likeness (QED) is 0.647. The molecule has 14 heavy (non-hydrogen) atoms. The van der Waals surface area contributed by atoms with Gasteiger partial charge in [-0.15, -0.1) is 0 Å². The van der Waals surface area contributed by atoms with Gasteiger partial charge in [-0.2, -0.15) is 0 Å². The zero-order valence-electron chi connectivity index (χ0n) is 8.51. The van der Waals surface area contributed by atoms with Crippen molar-refractivity contribution in [2.24, 2.45) is 0 Å². The van der Waals surface area contributed by atoms with Gasteiger partial charge in [0.15, 0.2) is 0 Å². The molecular formula is C9H17NO4. The maximum atomic E-state index is 10.7. The maximum Gasteiger partial charge on any atom is 0.320 e. The highest BCUT2D eigenvalue weighted by molar-refractivity contribution is 5.72. The molecule has 1 rings (SSSR count). The van der Waals surface area contributed by atoms with E-state index in [4.69, 9.17) is 9.84 Å². The molecule has 0 aromatic carbocycles. The molecule has 1 heterocycles. The first-order chi connectivity index (χ1) is 6.56. The minimum atomic E-state index is -0.866. The van der Waals surface area contributed by atoms with Gasteiger partial charge in [0.2, 0.25) is 0 Å². The first-order valence-electron chi connectivity index (χ1n) is 4.82. The van der Waals surface area contributed by atoms with Gasteiger partial charge in [-0.1, -0.05) is 0 Å². The van der Waals surface area contributed by atoms with E-state index in [1.807, 2.05) is 6.92 Å². The van der Waals surface area contributed by atoms with E-state index < -0.39 is 18.1 Å². The Morgan fingerprint density at radius 2 is 2.29 bits per heavy atom. The van der Waals surface area contributed by atoms with E-state index in [2.05, 4.69) is 0 Å². The van der Waals surface area contributed by atoms with Gasteiger partial charge in [0, 0.05) is 19.7 Å². The van der Waals surface area contributed by atoms with Crippen molar-refractivity contribution in [3.63, 3.8) is 0 Å². The third-order valence-electron chi connectivity index (χ3n) is 2.55. The number of rotatable bonds is 4. The molecule has 0 bridgehead atoms. The lowest BCUT2D eigenvalue weighted by Gasteiger charge is -2.19. The number of hydrogen-bond acceptors (Lipinski definition) is 4. The number of carbonyl (C=O) groups is 1. The van der Waals surface area contributed by atoms with E-state index in [0.717, 1.165) is 0 Å². The van der Waals surface area contributed by atoms with Crippen molar-refractivity contribution < 1.29 is 19.7 Å². The van der Waals surface area contributed by atoms with Crippen LogP contribution in [0.2, 0.25) is 0 Å². The molecule has 1 aliphatic heterocycles. The SMILES string of the molecule is CCO[C@@H]1CN([C@H](C)C(=O)O)C[C@H]1O. The smallest absolute Gasteiger partial charge is 0.320 e. The second-order valence-corrected chi connectivity index (χ2v) is 3.53. The Balaban J connectivity index is 2.49. The lowest BCUT2D eigenvalue weighted by molar-refractivity contribution is -0.142. The minimum absolute atomic E-state index is 0.248. The summed E-state index contributed by atoms with van der Waals surface area (Å²) in [6.07, 6.45) is -0.821. The maximum absolute atomic E-state index is 10.7. The Labute approximate surface area is 83.3 Å². The molecule has 0 aliphatic carbocycles. The van der Waals surface area contributed by atoms with Gasteiger partial charge in [0.05, 0.1) is 12.2 Å². The first kappa shape index (κ1) is 11.4. The van der Waals surface area contributed by atoms with Crippen molar-refractivity contribution in [3.05, 3.63) is 0 Å². The standard InChI is InChI=1S/C9H17NO4/c1-3-14-8-5-10(4-7(8)11)6(2)9(12)13/h6-8,11H,3-5H2,1-2H3,(H,12,13)/t6-,7-,8-/m1/s1. The molecule has 0 spiro atoms. The summed E-state index contributed by atoms with van der Waals surface area (Å²) in [7, 11) is 0. The molecule has 82 valence electrons. The Morgan fingerprint density at radius 1 is 1.64 bits per heavy atom. The number of aliphatic carboxylic acids is 1. The van der Waals surface area contributed by atoms with Crippen LogP contribution in [0.15, 0.2) is 0 Å². The van der Waals surface area contributed by atoms with Crippen LogP contribution in [-0.4, -0.2) is 59.0 Å². The van der Waals surface area contributed by atoms with Crippen LogP contribution in [0.4, 0.5) is 0 Å². The molecule has 0 aromatic heterocycles. The average Bonchev–Trinajstić information content (AvgIpc) is 2.47. The zero-order valence-corrected chi connectivity index (χ0v) is 8.51. The number of aliphatic hydroxyl groups is 1. The number of likely N-dealkylation sites (tertiary alicyclic amines) is 1. The average molecular weight is 203 g/mol. The van der Waals surface area contributed by atoms with Gasteiger partial charge in [-0.3, -0.25) is 9.69 Å². The number of ether oxygens (including phenoxy) is 1. The largest absolute Gasteiger partial charge is 0.480 e. The van der Waals surface area contributed by atoms with Crippen LogP contribution in [0, 0.1) is 0 Å². The summed E-state index contributed by atoms with van der Waals surface area (Å²) in [4.78, 5) is 12.4. The Morgan fingerprint density at radius 3 is 2.79 bits per heavy atom. The topological polar surface area (TPSA) is 70.0 Å². The van der Waals surface area contributed by atoms with Crippen LogP contribution < -0.4 is 0 Å². The first-order valence-corrected chi connectivity index (χ1v) is 4.82. The second kappa shape index (κ2) is 4.72. The molecule has 5 nitrogen and oxygen atoms in total. The van der Waals surface area contributed by atoms with Crippen molar-refractivity contribution in [1.29, 1.82) is 0 Å². The van der Waals surface area contributed by atoms with Crippen LogP contribution in [0.5, 0.6) is 0 Å². The van der Waals surface area contributed by atoms with Gasteiger partial charge >= 0.3 is 5.97 Å². The van der Waals surface area contributed by atoms with Gasteiger partial charge in [0.1, 0.15) is 6.04 Å². The second-order valence-electron chi connectivity index (χ2n) is 3.53. The van der Waals surface area contributed by atoms with E-state index in [-0.39, 0.29) is 6.10 Å². The van der Waals surface area contributed by atoms with Crippen molar-refractivity contribution in [2.75, 3.05) is 19.7 Å². The predicted octanol–water partition coefficient (Wildman–Crippen LogP) is -0.459. The third kappa shape index (κ3) is 2.43. The van der Waals surface area contributed by atoms with Crippen LogP contribution in [0.1, 0.15) is 13.8 Å². The number of β-amino-alcohol motifs (C(OH)–C–C–N with tert-alkyl or cyclic N) is 1. The number of nitrogens with zero attached hydrogens (tertiary/aromatic N) is 1. The van der Waals surface area contributed by atoms with Gasteiger partial charge in [-0.25, -0.2) is 0 Å². The van der Waals surface area contributed by atoms with Gasteiger partial charge in [0.25, 0.3) is 0 Å². The molecule has 1 aliphatic rings. The van der Waals surface area contributed by atoms with E-state index in [1.54, 1.807) is 11.8 Å². The molecule has 0 saturated carbocycles. The molecule has 0 aromatic rings. The van der Waals surface area contributed by atoms with Crippen molar-refractivity contribution >= 4 is 5.97 Å². The zero-order chi connectivity index (χ0) is 10.7. The summed E-state index contributed by atoms with van der Waals surface area (Å²) in [5.74, 6) is -0.866. The lowest BCUT2D eigenvalue weighted by atomic mass is 10.3. The van der Waals surface area contributed by atoms with Gasteiger partial charge < -0.3 is 14.9 Å². The number of carboxylic acids is 1. The Kier molecular flexibility index (Phi) is 3.86. The highest BCUT2D eigenvalue weighted by atomic mass is 16.5. The normalized spacial score (nSPS) is 30.5. The fraction of sp³-hybridized carbons (Fsp3) is 0.889. The molecule has 0 amide bonds. The summed E-state index contributed by atoms with van der Waals surface area (Å²) in [6.45, 7) is 4.87. The Bertz CT molecular complexity index is 209. The summed E-state index contributed by atoms with van der Waals surface area (Å²) in [5, 5.41) is 18.3. The number of carboxylic acid groups (broad SMARTS) is 1. The van der Waals surface area contributed by atoms with Gasteiger partial charge in [-0.05, 0) is 13.8 Å². The van der Waals surface area contributed by atoms with Crippen LogP contribution in [-0.2, 0) is 9.53 Å². The molecular weight excluding hydrogens is 186 g/mol. The van der Waals surface area contributed by atoms with Crippen LogP contribution in [0.3, 0.4) is 0 Å². The van der Waals surface area contributed by atoms with Crippen LogP contribution >= 0.6 is 0 Å². The monoisotopic (exact) mass is 203 g/mol.